The molecule has 2 aromatic rings. The first-order valence-corrected chi connectivity index (χ1v) is 15.1. The number of hydrogen-bond donors (Lipinski definition) is 3. The van der Waals surface area contributed by atoms with Gasteiger partial charge in [-0.25, -0.2) is 0 Å². The molecule has 3 N–H and O–H groups in total. The standard InChI is InChI=1S/C31H39IN2O10/c1-5-43-18-28(37)34(10-8-20-14-22(40-2)6-7-25(20)41-3)24-15-21(31(39)33-9-11-35)16-26(29(24)38)44-30-23(32)12-19(17-36)13-27(30)42-4/h6-7,12-14,16-17,24,26,29,35,38H,5,8-11,15,18H2,1-4H3,(H,33,39). The molecule has 0 saturated heterocycles. The molecule has 0 aromatic heterocycles. The number of carbonyl (C=O) groups is 3. The normalized spacial score (nSPS) is 17.7. The Bertz CT molecular complexity index is 1330. The van der Waals surface area contributed by atoms with Gasteiger partial charge in [0, 0.05) is 37.3 Å². The van der Waals surface area contributed by atoms with Gasteiger partial charge < -0.3 is 44.1 Å². The van der Waals surface area contributed by atoms with Crippen LogP contribution in [0.1, 0.15) is 29.3 Å². The van der Waals surface area contributed by atoms with Crippen LogP contribution in [0, 0.1) is 3.57 Å². The van der Waals surface area contributed by atoms with Crippen molar-refractivity contribution in [2.75, 3.05) is 54.2 Å². The van der Waals surface area contributed by atoms with Crippen molar-refractivity contribution in [1.82, 2.24) is 10.2 Å². The van der Waals surface area contributed by atoms with E-state index >= 15 is 0 Å². The van der Waals surface area contributed by atoms with Gasteiger partial charge in [0.15, 0.2) is 11.5 Å². The number of hydrogen-bond acceptors (Lipinski definition) is 10. The van der Waals surface area contributed by atoms with Gasteiger partial charge >= 0.3 is 0 Å². The largest absolute Gasteiger partial charge is 0.497 e. The highest BCUT2D eigenvalue weighted by molar-refractivity contribution is 14.1. The molecule has 3 unspecified atom stereocenters. The molecular weight excluding hydrogens is 687 g/mol. The Morgan fingerprint density at radius 1 is 1.11 bits per heavy atom. The molecule has 0 heterocycles. The monoisotopic (exact) mass is 726 g/mol. The highest BCUT2D eigenvalue weighted by Gasteiger charge is 2.41. The Morgan fingerprint density at radius 2 is 1.86 bits per heavy atom. The third kappa shape index (κ3) is 8.83. The molecule has 0 aliphatic heterocycles. The van der Waals surface area contributed by atoms with Gasteiger partial charge in [-0.1, -0.05) is 0 Å². The van der Waals surface area contributed by atoms with E-state index in [-0.39, 0.29) is 55.7 Å². The Kier molecular flexibility index (Phi) is 13.7. The number of benzene rings is 2. The molecule has 44 heavy (non-hydrogen) atoms. The van der Waals surface area contributed by atoms with Gasteiger partial charge in [-0.3, -0.25) is 14.4 Å². The molecule has 2 aromatic carbocycles. The van der Waals surface area contributed by atoms with E-state index in [9.17, 15) is 24.6 Å². The average molecular weight is 727 g/mol. The minimum absolute atomic E-state index is 0.0176. The predicted octanol–water partition coefficient (Wildman–Crippen LogP) is 2.15. The van der Waals surface area contributed by atoms with Gasteiger partial charge in [-0.05, 0) is 77.9 Å². The molecule has 13 heteroatoms. The summed E-state index contributed by atoms with van der Waals surface area (Å²) in [6, 6.07) is 7.59. The van der Waals surface area contributed by atoms with E-state index < -0.39 is 24.2 Å². The molecule has 240 valence electrons. The van der Waals surface area contributed by atoms with Gasteiger partial charge in [0.05, 0.1) is 37.5 Å². The van der Waals surface area contributed by atoms with E-state index in [0.29, 0.717) is 39.9 Å². The summed E-state index contributed by atoms with van der Waals surface area (Å²) in [5, 5.41) is 23.6. The molecular formula is C31H39IN2O10. The van der Waals surface area contributed by atoms with Crippen LogP contribution in [0.15, 0.2) is 42.0 Å². The van der Waals surface area contributed by atoms with Gasteiger partial charge in [-0.15, -0.1) is 0 Å². The van der Waals surface area contributed by atoms with E-state index in [1.807, 2.05) is 28.7 Å². The number of nitrogens with one attached hydrogen (secondary N) is 1. The van der Waals surface area contributed by atoms with Crippen LogP contribution in [0.25, 0.3) is 0 Å². The number of amides is 2. The van der Waals surface area contributed by atoms with Crippen molar-refractivity contribution in [3.8, 4) is 23.0 Å². The number of nitrogens with zero attached hydrogens (tertiary/aromatic N) is 1. The van der Waals surface area contributed by atoms with Crippen molar-refractivity contribution in [1.29, 1.82) is 0 Å². The van der Waals surface area contributed by atoms with Crippen molar-refractivity contribution in [3.63, 3.8) is 0 Å². The molecule has 1 aliphatic carbocycles. The van der Waals surface area contributed by atoms with Crippen LogP contribution in [0.4, 0.5) is 0 Å². The van der Waals surface area contributed by atoms with Crippen LogP contribution in [-0.2, 0) is 20.7 Å². The fourth-order valence-electron chi connectivity index (χ4n) is 4.90. The first-order chi connectivity index (χ1) is 21.2. The van der Waals surface area contributed by atoms with E-state index in [1.165, 1.54) is 24.2 Å². The molecule has 0 fully saturated rings. The third-order valence-corrected chi connectivity index (χ3v) is 7.92. The maximum Gasteiger partial charge on any atom is 0.248 e. The fourth-order valence-corrected chi connectivity index (χ4v) is 5.66. The van der Waals surface area contributed by atoms with Gasteiger partial charge in [0.1, 0.15) is 36.6 Å². The molecule has 0 bridgehead atoms. The van der Waals surface area contributed by atoms with Crippen LogP contribution in [0.3, 0.4) is 0 Å². The van der Waals surface area contributed by atoms with E-state index in [0.717, 1.165) is 5.56 Å². The van der Waals surface area contributed by atoms with Gasteiger partial charge in [-0.2, -0.15) is 0 Å². The quantitative estimate of drug-likeness (QED) is 0.173. The highest BCUT2D eigenvalue weighted by atomic mass is 127. The lowest BCUT2D eigenvalue weighted by atomic mass is 9.88. The summed E-state index contributed by atoms with van der Waals surface area (Å²) >= 11 is 2.00. The van der Waals surface area contributed by atoms with Crippen molar-refractivity contribution in [2.45, 2.75) is 38.0 Å². The summed E-state index contributed by atoms with van der Waals surface area (Å²) in [6.45, 7) is 1.78. The van der Waals surface area contributed by atoms with Crippen molar-refractivity contribution in [2.24, 2.45) is 0 Å². The zero-order valence-electron chi connectivity index (χ0n) is 25.2. The Labute approximate surface area is 270 Å². The zero-order chi connectivity index (χ0) is 32.2. The fraction of sp³-hybridized carbons (Fsp3) is 0.452. The minimum Gasteiger partial charge on any atom is -0.497 e. The number of aliphatic hydroxyl groups excluding tert-OH is 2. The molecule has 0 radical (unpaired) electrons. The number of ether oxygens (including phenoxy) is 5. The third-order valence-electron chi connectivity index (χ3n) is 7.12. The molecule has 0 spiro atoms. The summed E-state index contributed by atoms with van der Waals surface area (Å²) in [5.41, 5.74) is 1.43. The molecule has 12 nitrogen and oxygen atoms in total. The van der Waals surface area contributed by atoms with Crippen molar-refractivity contribution < 1.29 is 48.3 Å². The second-order valence-electron chi connectivity index (χ2n) is 9.82. The van der Waals surface area contributed by atoms with E-state index in [4.69, 9.17) is 23.7 Å². The number of aldehydes is 1. The average Bonchev–Trinajstić information content (AvgIpc) is 3.04. The lowest BCUT2D eigenvalue weighted by Gasteiger charge is -2.40. The van der Waals surface area contributed by atoms with Crippen LogP contribution in [0.2, 0.25) is 0 Å². The first-order valence-electron chi connectivity index (χ1n) is 14.1. The van der Waals surface area contributed by atoms with Crippen LogP contribution in [0.5, 0.6) is 23.0 Å². The van der Waals surface area contributed by atoms with Gasteiger partial charge in [0.25, 0.3) is 0 Å². The number of carbonyl (C=O) groups excluding carboxylic acids is 3. The smallest absolute Gasteiger partial charge is 0.248 e. The highest BCUT2D eigenvalue weighted by Crippen LogP contribution is 2.37. The van der Waals surface area contributed by atoms with Crippen LogP contribution >= 0.6 is 22.6 Å². The molecule has 2 amide bonds. The first kappa shape index (κ1) is 35.1. The zero-order valence-corrected chi connectivity index (χ0v) is 27.4. The lowest BCUT2D eigenvalue weighted by molar-refractivity contribution is -0.143. The summed E-state index contributed by atoms with van der Waals surface area (Å²) < 4.78 is 28.6. The molecule has 0 saturated carbocycles. The van der Waals surface area contributed by atoms with Crippen LogP contribution < -0.4 is 24.3 Å². The topological polar surface area (TPSA) is 153 Å². The second kappa shape index (κ2) is 17.2. The summed E-state index contributed by atoms with van der Waals surface area (Å²) in [7, 11) is 4.54. The van der Waals surface area contributed by atoms with Crippen molar-refractivity contribution >= 4 is 40.7 Å². The molecule has 3 atom stereocenters. The van der Waals surface area contributed by atoms with Crippen molar-refractivity contribution in [3.05, 3.63) is 56.7 Å². The second-order valence-corrected chi connectivity index (χ2v) is 11.0. The minimum atomic E-state index is -1.27. The summed E-state index contributed by atoms with van der Waals surface area (Å²) in [5.74, 6) is 0.919. The Balaban J connectivity index is 2.03. The summed E-state index contributed by atoms with van der Waals surface area (Å²) in [4.78, 5) is 39.6. The SMILES string of the molecule is CCOCC(=O)N(CCc1cc(OC)ccc1OC)C1CC(C(=O)NCCO)=CC(Oc2c(I)cc(C=O)cc2OC)C1O. The van der Waals surface area contributed by atoms with E-state index in [2.05, 4.69) is 5.32 Å². The van der Waals surface area contributed by atoms with E-state index in [1.54, 1.807) is 39.3 Å². The summed E-state index contributed by atoms with van der Waals surface area (Å²) in [6.07, 6.45) is 0.205. The maximum absolute atomic E-state index is 13.6. The number of methoxy groups -OCH3 is 3. The molecule has 1 aliphatic rings. The lowest BCUT2D eigenvalue weighted by Crippen LogP contribution is -2.56. The number of rotatable bonds is 16. The Hall–Kier alpha value is -3.40. The maximum atomic E-state index is 13.6. The van der Waals surface area contributed by atoms with Crippen LogP contribution in [-0.4, -0.2) is 106 Å². The number of aliphatic hydroxyl groups is 2. The Morgan fingerprint density at radius 3 is 2.50 bits per heavy atom. The van der Waals surface area contributed by atoms with Gasteiger partial charge in [0.2, 0.25) is 11.8 Å². The molecule has 3 rings (SSSR count). The number of halogens is 1. The predicted molar refractivity (Wildman–Crippen MR) is 170 cm³/mol.